The Morgan fingerprint density at radius 2 is 1.87 bits per heavy atom. The van der Waals surface area contributed by atoms with Crippen molar-refractivity contribution >= 4 is 16.8 Å². The Morgan fingerprint density at radius 3 is 2.61 bits per heavy atom. The molecule has 2 fully saturated rings. The van der Waals surface area contributed by atoms with Crippen molar-refractivity contribution in [3.05, 3.63) is 42.0 Å². The number of hydrogen-bond donors (Lipinski definition) is 2. The number of carbonyl (C=O) groups is 1. The number of hydrogen-bond acceptors (Lipinski definition) is 5. The third-order valence-corrected chi connectivity index (χ3v) is 8.61. The quantitative estimate of drug-likeness (QED) is 0.408. The van der Waals surface area contributed by atoms with Crippen LogP contribution in [0.5, 0.6) is 17.2 Å². The van der Waals surface area contributed by atoms with Gasteiger partial charge in [-0.05, 0) is 73.6 Å². The minimum Gasteiger partial charge on any atom is -0.493 e. The molecule has 2 aliphatic rings. The summed E-state index contributed by atoms with van der Waals surface area (Å²) in [6.07, 6.45) is 6.76. The van der Waals surface area contributed by atoms with E-state index in [1.165, 1.54) is 18.4 Å². The number of nitrogens with two attached hydrogens (primary N) is 1. The van der Waals surface area contributed by atoms with E-state index in [0.29, 0.717) is 17.2 Å². The summed E-state index contributed by atoms with van der Waals surface area (Å²) in [5, 5.41) is 1.10. The Balaban J connectivity index is 1.35. The number of rotatable bonds is 7. The summed E-state index contributed by atoms with van der Waals surface area (Å²) in [5.74, 6) is 2.41. The second-order valence-electron chi connectivity index (χ2n) is 11.3. The smallest absolute Gasteiger partial charge is 0.260 e. The van der Waals surface area contributed by atoms with Crippen LogP contribution in [0.1, 0.15) is 63.9 Å². The van der Waals surface area contributed by atoms with Crippen LogP contribution in [-0.2, 0) is 4.79 Å². The Labute approximate surface area is 225 Å². The van der Waals surface area contributed by atoms with Crippen molar-refractivity contribution in [2.45, 2.75) is 64.3 Å². The van der Waals surface area contributed by atoms with Crippen molar-refractivity contribution in [2.24, 2.45) is 11.1 Å². The molecule has 1 aliphatic heterocycles. The van der Waals surface area contributed by atoms with Gasteiger partial charge in [0.15, 0.2) is 18.1 Å². The molecule has 1 saturated carbocycles. The topological polar surface area (TPSA) is 89.8 Å². The van der Waals surface area contributed by atoms with Crippen LogP contribution in [0.15, 0.2) is 36.4 Å². The summed E-state index contributed by atoms with van der Waals surface area (Å²) >= 11 is 0. The average Bonchev–Trinajstić information content (AvgIpc) is 3.32. The van der Waals surface area contributed by atoms with Gasteiger partial charge in [0, 0.05) is 41.0 Å². The lowest BCUT2D eigenvalue weighted by molar-refractivity contribution is -0.138. The summed E-state index contributed by atoms with van der Waals surface area (Å²) in [7, 11) is 3.29. The van der Waals surface area contributed by atoms with E-state index in [-0.39, 0.29) is 29.9 Å². The second-order valence-corrected chi connectivity index (χ2v) is 11.3. The zero-order chi connectivity index (χ0) is 26.9. The molecule has 5 rings (SSSR count). The van der Waals surface area contributed by atoms with Crippen LogP contribution >= 0.6 is 0 Å². The largest absolute Gasteiger partial charge is 0.493 e. The van der Waals surface area contributed by atoms with Gasteiger partial charge in [-0.2, -0.15) is 0 Å². The van der Waals surface area contributed by atoms with Gasteiger partial charge >= 0.3 is 0 Å². The minimum absolute atomic E-state index is 0.0425. The van der Waals surface area contributed by atoms with Gasteiger partial charge in [0.2, 0.25) is 0 Å². The maximum absolute atomic E-state index is 13.2. The normalized spacial score (nSPS) is 21.7. The van der Waals surface area contributed by atoms with Crippen molar-refractivity contribution in [2.75, 3.05) is 33.9 Å². The number of ether oxygens (including phenoxy) is 3. The van der Waals surface area contributed by atoms with Crippen molar-refractivity contribution in [1.29, 1.82) is 0 Å². The minimum atomic E-state index is 0.0425. The Hall–Kier alpha value is -3.19. The average molecular weight is 520 g/mol. The molecule has 2 unspecified atom stereocenters. The number of aromatic amines is 1. The number of aromatic nitrogens is 1. The number of carbonyl (C=O) groups excluding carboxylic acids is 1. The number of methoxy groups -OCH3 is 2. The lowest BCUT2D eigenvalue weighted by Crippen LogP contribution is -2.56. The van der Waals surface area contributed by atoms with E-state index in [1.807, 2.05) is 41.3 Å². The lowest BCUT2D eigenvalue weighted by Gasteiger charge is -2.48. The maximum Gasteiger partial charge on any atom is 0.260 e. The number of piperidine rings is 1. The molecule has 38 heavy (non-hydrogen) atoms. The first kappa shape index (κ1) is 26.4. The lowest BCUT2D eigenvalue weighted by atomic mass is 9.66. The molecule has 0 radical (unpaired) electrons. The maximum atomic E-state index is 13.2. The van der Waals surface area contributed by atoms with E-state index in [4.69, 9.17) is 19.9 Å². The highest BCUT2D eigenvalue weighted by molar-refractivity contribution is 5.92. The Morgan fingerprint density at radius 1 is 1.08 bits per heavy atom. The Bertz CT molecular complexity index is 1300. The first-order chi connectivity index (χ1) is 18.3. The van der Waals surface area contributed by atoms with E-state index in [0.717, 1.165) is 60.9 Å². The van der Waals surface area contributed by atoms with Gasteiger partial charge in [-0.15, -0.1) is 0 Å². The summed E-state index contributed by atoms with van der Waals surface area (Å²) in [6, 6.07) is 12.2. The van der Waals surface area contributed by atoms with Gasteiger partial charge in [-0.3, -0.25) is 4.79 Å². The van der Waals surface area contributed by atoms with E-state index >= 15 is 0 Å². The highest BCUT2D eigenvalue weighted by Crippen LogP contribution is 2.43. The van der Waals surface area contributed by atoms with Crippen LogP contribution in [0.2, 0.25) is 0 Å². The summed E-state index contributed by atoms with van der Waals surface area (Å²) in [6.45, 7) is 5.97. The zero-order valence-electron chi connectivity index (χ0n) is 23.1. The van der Waals surface area contributed by atoms with E-state index in [2.05, 4.69) is 18.8 Å². The molecule has 204 valence electrons. The molecule has 1 saturated heterocycles. The highest BCUT2D eigenvalue weighted by Gasteiger charge is 2.43. The van der Waals surface area contributed by atoms with Gasteiger partial charge in [0.25, 0.3) is 5.91 Å². The van der Waals surface area contributed by atoms with Crippen LogP contribution in [0.3, 0.4) is 0 Å². The molecule has 1 aromatic heterocycles. The molecule has 1 aliphatic carbocycles. The van der Waals surface area contributed by atoms with Gasteiger partial charge in [0.1, 0.15) is 5.75 Å². The van der Waals surface area contributed by atoms with Crippen molar-refractivity contribution < 1.29 is 19.0 Å². The molecule has 1 amide bonds. The molecule has 2 aromatic carbocycles. The summed E-state index contributed by atoms with van der Waals surface area (Å²) < 4.78 is 17.0. The fourth-order valence-electron chi connectivity index (χ4n) is 6.55. The van der Waals surface area contributed by atoms with E-state index < -0.39 is 0 Å². The SMILES string of the molecule is COc1ccc(-c2[nH]c3ccc(OCC(=O)N4CCCC5(CCCCC5N)C4)cc3c2C(C)C)cc1OC. The highest BCUT2D eigenvalue weighted by atomic mass is 16.5. The van der Waals surface area contributed by atoms with Crippen LogP contribution in [0, 0.1) is 5.41 Å². The molecule has 2 atom stereocenters. The molecule has 7 nitrogen and oxygen atoms in total. The van der Waals surface area contributed by atoms with Crippen LogP contribution < -0.4 is 19.9 Å². The number of benzene rings is 2. The molecule has 7 heteroatoms. The molecular formula is C31H41N3O4. The van der Waals surface area contributed by atoms with E-state index in [1.54, 1.807) is 14.2 Å². The van der Waals surface area contributed by atoms with Gasteiger partial charge < -0.3 is 29.8 Å². The molecular weight excluding hydrogens is 478 g/mol. The summed E-state index contributed by atoms with van der Waals surface area (Å²) in [5.41, 5.74) is 10.9. The molecule has 1 spiro atoms. The van der Waals surface area contributed by atoms with Crippen molar-refractivity contribution in [3.8, 4) is 28.5 Å². The van der Waals surface area contributed by atoms with Gasteiger partial charge in [-0.1, -0.05) is 26.7 Å². The Kier molecular flexibility index (Phi) is 7.57. The number of fused-ring (bicyclic) bond motifs is 1. The third-order valence-electron chi connectivity index (χ3n) is 8.61. The predicted molar refractivity (Wildman–Crippen MR) is 151 cm³/mol. The standard InChI is InChI=1S/C31H41N3O4/c1-20(2)29-23-17-22(10-11-24(23)33-30(29)21-9-12-25(36-3)26(16-21)37-4)38-18-28(35)34-15-7-14-31(19-34)13-6-5-8-27(31)32/h9-12,16-17,20,27,33H,5-8,13-15,18-19,32H2,1-4H3. The van der Waals surface area contributed by atoms with Crippen molar-refractivity contribution in [1.82, 2.24) is 9.88 Å². The summed E-state index contributed by atoms with van der Waals surface area (Å²) in [4.78, 5) is 18.8. The third kappa shape index (κ3) is 4.96. The van der Waals surface area contributed by atoms with Gasteiger partial charge in [-0.25, -0.2) is 0 Å². The molecule has 3 aromatic rings. The van der Waals surface area contributed by atoms with E-state index in [9.17, 15) is 4.79 Å². The zero-order valence-corrected chi connectivity index (χ0v) is 23.1. The second kappa shape index (κ2) is 10.9. The monoisotopic (exact) mass is 519 g/mol. The van der Waals surface area contributed by atoms with Crippen LogP contribution in [0.25, 0.3) is 22.2 Å². The fourth-order valence-corrected chi connectivity index (χ4v) is 6.55. The fraction of sp³-hybridized carbons (Fsp3) is 0.516. The molecule has 3 N–H and O–H groups in total. The van der Waals surface area contributed by atoms with Crippen molar-refractivity contribution in [3.63, 3.8) is 0 Å². The van der Waals surface area contributed by atoms with Crippen LogP contribution in [0.4, 0.5) is 0 Å². The number of amides is 1. The first-order valence-corrected chi connectivity index (χ1v) is 13.9. The number of nitrogens with zero attached hydrogens (tertiary/aromatic N) is 1. The van der Waals surface area contributed by atoms with Gasteiger partial charge in [0.05, 0.1) is 19.9 Å². The number of H-pyrrole nitrogens is 1. The number of nitrogens with one attached hydrogen (secondary N) is 1. The van der Waals surface area contributed by atoms with Crippen LogP contribution in [-0.4, -0.2) is 55.7 Å². The number of likely N-dealkylation sites (tertiary alicyclic amines) is 1. The predicted octanol–water partition coefficient (Wildman–Crippen LogP) is 5.86. The molecule has 2 heterocycles. The molecule has 0 bridgehead atoms. The first-order valence-electron chi connectivity index (χ1n) is 13.9.